The Morgan fingerprint density at radius 3 is 2.47 bits per heavy atom. The summed E-state index contributed by atoms with van der Waals surface area (Å²) in [6.07, 6.45) is 3.29. The number of imidazole rings is 1. The summed E-state index contributed by atoms with van der Waals surface area (Å²) in [6.45, 7) is 10.1. The first-order chi connectivity index (χ1) is 18.0. The first kappa shape index (κ1) is 26.5. The number of amides is 3. The highest BCUT2D eigenvalue weighted by Crippen LogP contribution is 2.34. The number of fused-ring (bicyclic) bond motifs is 1. The van der Waals surface area contributed by atoms with Gasteiger partial charge in [-0.3, -0.25) is 24.0 Å². The number of nitrogens with zero attached hydrogens (tertiary/aromatic N) is 4. The Morgan fingerprint density at radius 2 is 1.79 bits per heavy atom. The molecule has 1 N–H and O–H groups in total. The fourth-order valence-electron chi connectivity index (χ4n) is 6.27. The fraction of sp³-hybridized carbons (Fsp3) is 0.643. The van der Waals surface area contributed by atoms with Crippen LogP contribution in [0, 0.1) is 5.92 Å². The minimum atomic E-state index is -0.675. The van der Waals surface area contributed by atoms with Crippen LogP contribution < -0.4 is 11.0 Å². The van der Waals surface area contributed by atoms with Crippen LogP contribution in [-0.2, 0) is 21.4 Å². The molecule has 3 saturated heterocycles. The maximum Gasteiger partial charge on any atom is 0.410 e. The van der Waals surface area contributed by atoms with Crippen LogP contribution in [0.15, 0.2) is 23.0 Å². The van der Waals surface area contributed by atoms with Crippen molar-refractivity contribution in [2.24, 2.45) is 13.0 Å². The normalized spacial score (nSPS) is 23.7. The topological polar surface area (TPSA) is 106 Å². The first-order valence-corrected chi connectivity index (χ1v) is 13.8. The second kappa shape index (κ2) is 10.2. The molecule has 3 aliphatic rings. The zero-order chi connectivity index (χ0) is 27.2. The number of carbonyl (C=O) groups excluding carboxylic acids is 3. The molecule has 3 fully saturated rings. The van der Waals surface area contributed by atoms with Gasteiger partial charge in [-0.1, -0.05) is 12.1 Å². The number of carbonyl (C=O) groups is 3. The number of aromatic nitrogens is 2. The molecule has 3 aliphatic heterocycles. The van der Waals surface area contributed by atoms with E-state index in [4.69, 9.17) is 4.74 Å². The number of para-hydroxylation sites is 1. The third-order valence-corrected chi connectivity index (χ3v) is 8.15. The summed E-state index contributed by atoms with van der Waals surface area (Å²) < 4.78 is 8.74. The average Bonchev–Trinajstić information content (AvgIpc) is 3.41. The van der Waals surface area contributed by atoms with E-state index in [1.807, 2.05) is 37.8 Å². The van der Waals surface area contributed by atoms with Gasteiger partial charge in [0.2, 0.25) is 11.8 Å². The zero-order valence-electron chi connectivity index (χ0n) is 22.9. The Labute approximate surface area is 222 Å². The lowest BCUT2D eigenvalue weighted by Crippen LogP contribution is -2.44. The van der Waals surface area contributed by atoms with E-state index in [0.29, 0.717) is 18.3 Å². The van der Waals surface area contributed by atoms with Gasteiger partial charge in [0.25, 0.3) is 0 Å². The molecule has 4 heterocycles. The summed E-state index contributed by atoms with van der Waals surface area (Å²) >= 11 is 0. The van der Waals surface area contributed by atoms with Gasteiger partial charge < -0.3 is 14.5 Å². The fourth-order valence-corrected chi connectivity index (χ4v) is 6.27. The maximum absolute atomic E-state index is 13.3. The lowest BCUT2D eigenvalue weighted by atomic mass is 9.95. The molecular formula is C28H39N5O5. The molecule has 10 heteroatoms. The van der Waals surface area contributed by atoms with Crippen LogP contribution in [0.4, 0.5) is 4.79 Å². The predicted molar refractivity (Wildman–Crippen MR) is 143 cm³/mol. The van der Waals surface area contributed by atoms with Crippen LogP contribution in [-0.4, -0.2) is 75.2 Å². The van der Waals surface area contributed by atoms with Crippen LogP contribution >= 0.6 is 0 Å². The van der Waals surface area contributed by atoms with Crippen molar-refractivity contribution in [2.75, 3.05) is 32.7 Å². The van der Waals surface area contributed by atoms with Gasteiger partial charge in [-0.2, -0.15) is 0 Å². The number of imide groups is 1. The monoisotopic (exact) mass is 525 g/mol. The van der Waals surface area contributed by atoms with Gasteiger partial charge in [0.1, 0.15) is 11.6 Å². The van der Waals surface area contributed by atoms with E-state index < -0.39 is 17.6 Å². The van der Waals surface area contributed by atoms with Crippen LogP contribution in [0.25, 0.3) is 11.0 Å². The molecule has 1 aromatic carbocycles. The van der Waals surface area contributed by atoms with E-state index in [1.54, 1.807) is 16.2 Å². The van der Waals surface area contributed by atoms with Crippen molar-refractivity contribution in [3.05, 3.63) is 34.2 Å². The summed E-state index contributed by atoms with van der Waals surface area (Å²) in [4.78, 5) is 54.2. The van der Waals surface area contributed by atoms with E-state index >= 15 is 0 Å². The molecule has 3 amide bonds. The van der Waals surface area contributed by atoms with Crippen LogP contribution in [0.3, 0.4) is 0 Å². The van der Waals surface area contributed by atoms with Crippen LogP contribution in [0.2, 0.25) is 0 Å². The minimum Gasteiger partial charge on any atom is -0.444 e. The minimum absolute atomic E-state index is 0.222. The summed E-state index contributed by atoms with van der Waals surface area (Å²) in [6, 6.07) is 5.29. The van der Waals surface area contributed by atoms with Gasteiger partial charge in [0.15, 0.2) is 0 Å². The molecule has 206 valence electrons. The molecule has 2 aromatic rings. The predicted octanol–water partition coefficient (Wildman–Crippen LogP) is 2.75. The number of piperidine rings is 2. The highest BCUT2D eigenvalue weighted by atomic mass is 16.6. The van der Waals surface area contributed by atoms with Crippen molar-refractivity contribution < 1.29 is 19.1 Å². The Kier molecular flexibility index (Phi) is 7.11. The Hall–Kier alpha value is -3.14. The number of hydrogen-bond acceptors (Lipinski definition) is 6. The second-order valence-electron chi connectivity index (χ2n) is 12.0. The first-order valence-electron chi connectivity index (χ1n) is 13.8. The Balaban J connectivity index is 1.26. The van der Waals surface area contributed by atoms with Gasteiger partial charge in [-0.15, -0.1) is 0 Å². The van der Waals surface area contributed by atoms with Crippen molar-refractivity contribution in [2.45, 2.75) is 70.4 Å². The molecule has 5 rings (SSSR count). The highest BCUT2D eigenvalue weighted by Gasteiger charge is 2.34. The van der Waals surface area contributed by atoms with Gasteiger partial charge in [0.05, 0.1) is 11.0 Å². The van der Waals surface area contributed by atoms with E-state index in [-0.39, 0.29) is 24.1 Å². The molecule has 1 aromatic heterocycles. The third kappa shape index (κ3) is 5.23. The molecule has 0 radical (unpaired) electrons. The van der Waals surface area contributed by atoms with E-state index in [9.17, 15) is 19.2 Å². The molecule has 0 aliphatic carbocycles. The zero-order valence-corrected chi connectivity index (χ0v) is 22.9. The molecule has 2 atom stereocenters. The standard InChI is InChI=1S/C28H39N5O5/c1-28(2,3)38-27(37)32-14-10-18(11-15-32)16-31-13-12-19(17-31)20-6-5-7-21-24(20)30(4)26(36)33(21)22-8-9-23(34)29-25(22)35/h5-7,18-19,22H,8-17H2,1-4H3,(H,29,34,35). The number of ether oxygens (including phenoxy) is 1. The number of aryl methyl sites for hydroxylation is 1. The van der Waals surface area contributed by atoms with Crippen LogP contribution in [0.1, 0.15) is 70.4 Å². The smallest absolute Gasteiger partial charge is 0.410 e. The quantitative estimate of drug-likeness (QED) is 0.616. The number of benzene rings is 1. The summed E-state index contributed by atoms with van der Waals surface area (Å²) in [7, 11) is 1.77. The van der Waals surface area contributed by atoms with Gasteiger partial charge >= 0.3 is 11.8 Å². The van der Waals surface area contributed by atoms with Gasteiger partial charge in [0, 0.05) is 39.6 Å². The Morgan fingerprint density at radius 1 is 1.05 bits per heavy atom. The lowest BCUT2D eigenvalue weighted by Gasteiger charge is -2.34. The largest absolute Gasteiger partial charge is 0.444 e. The average molecular weight is 526 g/mol. The van der Waals surface area contributed by atoms with E-state index in [0.717, 1.165) is 68.6 Å². The van der Waals surface area contributed by atoms with Crippen LogP contribution in [0.5, 0.6) is 0 Å². The van der Waals surface area contributed by atoms with Crippen molar-refractivity contribution in [3.8, 4) is 0 Å². The molecule has 0 spiro atoms. The lowest BCUT2D eigenvalue weighted by molar-refractivity contribution is -0.135. The SMILES string of the molecule is Cn1c(=O)n(C2CCC(=O)NC2=O)c2cccc(C3CCN(CC4CCN(C(=O)OC(C)(C)C)CC4)C3)c21. The molecule has 0 bridgehead atoms. The maximum atomic E-state index is 13.3. The third-order valence-electron chi connectivity index (χ3n) is 8.15. The number of likely N-dealkylation sites (tertiary alicyclic amines) is 2. The summed E-state index contributed by atoms with van der Waals surface area (Å²) in [5.41, 5.74) is 2.05. The second-order valence-corrected chi connectivity index (χ2v) is 12.0. The number of hydrogen-bond donors (Lipinski definition) is 1. The van der Waals surface area contributed by atoms with E-state index in [2.05, 4.69) is 16.3 Å². The molecule has 38 heavy (non-hydrogen) atoms. The molecule has 2 unspecified atom stereocenters. The molecular weight excluding hydrogens is 486 g/mol. The summed E-state index contributed by atoms with van der Waals surface area (Å²) in [5, 5.41) is 2.38. The van der Waals surface area contributed by atoms with Crippen molar-refractivity contribution in [1.82, 2.24) is 24.3 Å². The summed E-state index contributed by atoms with van der Waals surface area (Å²) in [5.74, 6) is 0.137. The van der Waals surface area contributed by atoms with Crippen molar-refractivity contribution >= 4 is 28.9 Å². The number of rotatable bonds is 4. The molecule has 10 nitrogen and oxygen atoms in total. The Bertz CT molecular complexity index is 1300. The van der Waals surface area contributed by atoms with Crippen molar-refractivity contribution in [3.63, 3.8) is 0 Å². The number of nitrogens with one attached hydrogen (secondary N) is 1. The van der Waals surface area contributed by atoms with Crippen molar-refractivity contribution in [1.29, 1.82) is 0 Å². The molecule has 0 saturated carbocycles. The highest BCUT2D eigenvalue weighted by molar-refractivity contribution is 6.00. The van der Waals surface area contributed by atoms with Gasteiger partial charge in [-0.05, 0) is 76.5 Å². The van der Waals surface area contributed by atoms with E-state index in [1.165, 1.54) is 0 Å². The van der Waals surface area contributed by atoms with Gasteiger partial charge in [-0.25, -0.2) is 9.59 Å².